The molecule has 1 aliphatic carbocycles. The molecule has 154 valence electrons. The first-order valence-electron chi connectivity index (χ1n) is 9.79. The summed E-state index contributed by atoms with van der Waals surface area (Å²) >= 11 is 6.78. The first-order chi connectivity index (χ1) is 14.0. The second kappa shape index (κ2) is 9.84. The fraction of sp³-hybridized carbons (Fsp3) is 0.381. The molecule has 0 radical (unpaired) electrons. The van der Waals surface area contributed by atoms with Crippen LogP contribution in [0.5, 0.6) is 5.75 Å². The predicted molar refractivity (Wildman–Crippen MR) is 120 cm³/mol. The number of carbonyl (C=O) groups excluding carboxylic acids is 2. The molecule has 1 aliphatic rings. The second-order valence-electron chi connectivity index (χ2n) is 6.92. The van der Waals surface area contributed by atoms with E-state index in [0.717, 1.165) is 44.1 Å². The largest absolute Gasteiger partial charge is 0.494 e. The van der Waals surface area contributed by atoms with Crippen molar-refractivity contribution >= 4 is 45.5 Å². The lowest BCUT2D eigenvalue weighted by Crippen LogP contribution is -2.34. The number of amides is 2. The Morgan fingerprint density at radius 2 is 2.07 bits per heavy atom. The molecule has 0 atom stereocenters. The standard InChI is InChI=1S/C21H25N3O3S2/c1-2-3-11-27-14-8-6-7-13(12-14)19(26)23-21(28)24-20-17(18(22)25)15-9-4-5-10-16(15)29-20/h6-8,12H,2-5,9-11H2,1H3,(H2,22,25)(H2,23,24,26,28). The molecule has 0 unspecified atom stereocenters. The number of hydrogen-bond donors (Lipinski definition) is 3. The highest BCUT2D eigenvalue weighted by Gasteiger charge is 2.24. The Morgan fingerprint density at radius 3 is 2.83 bits per heavy atom. The Hall–Kier alpha value is -2.45. The number of thiocarbonyl (C=S) groups is 1. The zero-order valence-electron chi connectivity index (χ0n) is 16.4. The number of nitrogens with one attached hydrogen (secondary N) is 2. The number of carbonyl (C=O) groups is 2. The monoisotopic (exact) mass is 431 g/mol. The molecule has 0 aliphatic heterocycles. The number of nitrogens with two attached hydrogens (primary N) is 1. The third-order valence-corrected chi connectivity index (χ3v) is 6.15. The van der Waals surface area contributed by atoms with E-state index in [9.17, 15) is 9.59 Å². The molecule has 0 saturated carbocycles. The summed E-state index contributed by atoms with van der Waals surface area (Å²) in [7, 11) is 0. The summed E-state index contributed by atoms with van der Waals surface area (Å²) in [5.74, 6) is -0.171. The van der Waals surface area contributed by atoms with Crippen molar-refractivity contribution in [3.05, 3.63) is 45.8 Å². The van der Waals surface area contributed by atoms with Gasteiger partial charge in [0.1, 0.15) is 10.8 Å². The van der Waals surface area contributed by atoms with E-state index < -0.39 is 5.91 Å². The number of primary amides is 1. The van der Waals surface area contributed by atoms with Crippen LogP contribution < -0.4 is 21.1 Å². The lowest BCUT2D eigenvalue weighted by atomic mass is 9.95. The molecule has 4 N–H and O–H groups in total. The SMILES string of the molecule is CCCCOc1cccc(C(=O)NC(=S)Nc2sc3c(c2C(N)=O)CCCC3)c1. The number of fused-ring (bicyclic) bond motifs is 1. The maximum Gasteiger partial charge on any atom is 0.257 e. The fourth-order valence-corrected chi connectivity index (χ4v) is 4.84. The van der Waals surface area contributed by atoms with Crippen LogP contribution in [0.25, 0.3) is 0 Å². The molecule has 1 aromatic heterocycles. The zero-order chi connectivity index (χ0) is 20.8. The van der Waals surface area contributed by atoms with E-state index in [4.69, 9.17) is 22.7 Å². The first kappa shape index (κ1) is 21.3. The molecule has 1 heterocycles. The highest BCUT2D eigenvalue weighted by molar-refractivity contribution is 7.80. The summed E-state index contributed by atoms with van der Waals surface area (Å²) < 4.78 is 5.65. The van der Waals surface area contributed by atoms with Crippen molar-refractivity contribution in [2.24, 2.45) is 5.73 Å². The molecule has 6 nitrogen and oxygen atoms in total. The van der Waals surface area contributed by atoms with Gasteiger partial charge in [0.05, 0.1) is 12.2 Å². The number of anilines is 1. The van der Waals surface area contributed by atoms with Crippen molar-refractivity contribution in [3.8, 4) is 5.75 Å². The average molecular weight is 432 g/mol. The normalized spacial score (nSPS) is 12.7. The number of hydrogen-bond acceptors (Lipinski definition) is 5. The van der Waals surface area contributed by atoms with Gasteiger partial charge < -0.3 is 15.8 Å². The smallest absolute Gasteiger partial charge is 0.257 e. The summed E-state index contributed by atoms with van der Waals surface area (Å²) in [5.41, 5.74) is 7.56. The molecule has 0 fully saturated rings. The van der Waals surface area contributed by atoms with Crippen LogP contribution in [0.1, 0.15) is 63.8 Å². The minimum Gasteiger partial charge on any atom is -0.494 e. The van der Waals surface area contributed by atoms with Crippen LogP contribution in [0.15, 0.2) is 24.3 Å². The van der Waals surface area contributed by atoms with Gasteiger partial charge in [0, 0.05) is 10.4 Å². The third kappa shape index (κ3) is 5.33. The Morgan fingerprint density at radius 1 is 1.28 bits per heavy atom. The third-order valence-electron chi connectivity index (χ3n) is 4.73. The summed E-state index contributed by atoms with van der Waals surface area (Å²) in [6.45, 7) is 2.70. The van der Waals surface area contributed by atoms with Gasteiger partial charge in [0.25, 0.3) is 11.8 Å². The molecule has 2 aromatic rings. The number of ether oxygens (including phenoxy) is 1. The number of thiophene rings is 1. The predicted octanol–water partition coefficient (Wildman–Crippen LogP) is 4.03. The van der Waals surface area contributed by atoms with Crippen molar-refractivity contribution in [1.29, 1.82) is 0 Å². The lowest BCUT2D eigenvalue weighted by molar-refractivity contribution is 0.0975. The van der Waals surface area contributed by atoms with Crippen molar-refractivity contribution < 1.29 is 14.3 Å². The minimum atomic E-state index is -0.474. The Balaban J connectivity index is 1.67. The highest BCUT2D eigenvalue weighted by atomic mass is 32.1. The van der Waals surface area contributed by atoms with Crippen LogP contribution in [0.3, 0.4) is 0 Å². The van der Waals surface area contributed by atoms with E-state index in [1.807, 2.05) is 6.07 Å². The van der Waals surface area contributed by atoms with Crippen molar-refractivity contribution in [1.82, 2.24) is 5.32 Å². The zero-order valence-corrected chi connectivity index (χ0v) is 18.0. The summed E-state index contributed by atoms with van der Waals surface area (Å²) in [4.78, 5) is 25.7. The van der Waals surface area contributed by atoms with E-state index >= 15 is 0 Å². The molecule has 1 aromatic carbocycles. The lowest BCUT2D eigenvalue weighted by Gasteiger charge is -2.12. The van der Waals surface area contributed by atoms with Crippen LogP contribution in [0.4, 0.5) is 5.00 Å². The fourth-order valence-electron chi connectivity index (χ4n) is 3.29. The van der Waals surface area contributed by atoms with Gasteiger partial charge in [0.2, 0.25) is 0 Å². The van der Waals surface area contributed by atoms with Gasteiger partial charge in [0.15, 0.2) is 5.11 Å². The van der Waals surface area contributed by atoms with Gasteiger partial charge in [-0.1, -0.05) is 19.4 Å². The van der Waals surface area contributed by atoms with Gasteiger partial charge >= 0.3 is 0 Å². The molecule has 29 heavy (non-hydrogen) atoms. The summed E-state index contributed by atoms with van der Waals surface area (Å²) in [6, 6.07) is 6.97. The van der Waals surface area contributed by atoms with Crippen molar-refractivity contribution in [2.75, 3.05) is 11.9 Å². The average Bonchev–Trinajstić information content (AvgIpc) is 3.06. The van der Waals surface area contributed by atoms with E-state index in [1.54, 1.807) is 18.2 Å². The molecule has 0 spiro atoms. The van der Waals surface area contributed by atoms with E-state index in [-0.39, 0.29) is 11.0 Å². The molecular weight excluding hydrogens is 406 g/mol. The van der Waals surface area contributed by atoms with E-state index in [1.165, 1.54) is 16.2 Å². The Bertz CT molecular complexity index is 924. The maximum absolute atomic E-state index is 12.6. The van der Waals surface area contributed by atoms with Crippen molar-refractivity contribution in [3.63, 3.8) is 0 Å². The van der Waals surface area contributed by atoms with Gasteiger partial charge in [-0.25, -0.2) is 0 Å². The number of benzene rings is 1. The van der Waals surface area contributed by atoms with Crippen LogP contribution in [0.2, 0.25) is 0 Å². The van der Waals surface area contributed by atoms with Gasteiger partial charge in [-0.3, -0.25) is 14.9 Å². The first-order valence-corrected chi connectivity index (χ1v) is 11.0. The van der Waals surface area contributed by atoms with Gasteiger partial charge in [-0.15, -0.1) is 11.3 Å². The van der Waals surface area contributed by atoms with Crippen molar-refractivity contribution in [2.45, 2.75) is 45.4 Å². The highest BCUT2D eigenvalue weighted by Crippen LogP contribution is 2.37. The van der Waals surface area contributed by atoms with Crippen LogP contribution in [-0.2, 0) is 12.8 Å². The van der Waals surface area contributed by atoms with Gasteiger partial charge in [-0.05, 0) is 68.1 Å². The molecule has 3 rings (SSSR count). The topological polar surface area (TPSA) is 93.4 Å². The Kier molecular flexibility index (Phi) is 7.22. The number of rotatable bonds is 7. The number of unbranched alkanes of at least 4 members (excludes halogenated alkanes) is 1. The minimum absolute atomic E-state index is 0.133. The molecular formula is C21H25N3O3S2. The Labute approximate surface area is 179 Å². The maximum atomic E-state index is 12.6. The van der Waals surface area contributed by atoms with Crippen LogP contribution >= 0.6 is 23.6 Å². The number of aryl methyl sites for hydroxylation is 1. The quantitative estimate of drug-likeness (QED) is 0.455. The molecule has 2 amide bonds. The van der Waals surface area contributed by atoms with E-state index in [2.05, 4.69) is 17.6 Å². The molecule has 8 heteroatoms. The van der Waals surface area contributed by atoms with Gasteiger partial charge in [-0.2, -0.15) is 0 Å². The van der Waals surface area contributed by atoms with Crippen LogP contribution in [0, 0.1) is 0 Å². The molecule has 0 bridgehead atoms. The van der Waals surface area contributed by atoms with E-state index in [0.29, 0.717) is 28.5 Å². The summed E-state index contributed by atoms with van der Waals surface area (Å²) in [6.07, 6.45) is 5.92. The van der Waals surface area contributed by atoms with Crippen LogP contribution in [-0.4, -0.2) is 23.5 Å². The molecule has 0 saturated heterocycles. The second-order valence-corrected chi connectivity index (χ2v) is 8.43. The summed E-state index contributed by atoms with van der Waals surface area (Å²) in [5, 5.41) is 6.39.